The summed E-state index contributed by atoms with van der Waals surface area (Å²) in [7, 11) is -3.05. The van der Waals surface area contributed by atoms with E-state index in [0.29, 0.717) is 13.1 Å². The normalized spacial score (nSPS) is 13.3. The van der Waals surface area contributed by atoms with Crippen molar-refractivity contribution in [3.8, 4) is 0 Å². The largest absolute Gasteiger partial charge is 0.326 e. The molecule has 0 spiro atoms. The van der Waals surface area contributed by atoms with Crippen LogP contribution >= 0.6 is 0 Å². The predicted molar refractivity (Wildman–Crippen MR) is 72.5 cm³/mol. The van der Waals surface area contributed by atoms with Gasteiger partial charge in [-0.1, -0.05) is 6.92 Å². The van der Waals surface area contributed by atoms with Gasteiger partial charge in [-0.3, -0.25) is 0 Å². The Labute approximate surface area is 106 Å². The standard InChI is InChI=1S/C11H27N3O2S/c1-5-14(17(4,15)16)10-6-8-13-9-7-11(2,3)12/h13H,5-10,12H2,1-4H3. The van der Waals surface area contributed by atoms with E-state index in [9.17, 15) is 8.42 Å². The van der Waals surface area contributed by atoms with Crippen molar-refractivity contribution in [3.63, 3.8) is 0 Å². The van der Waals surface area contributed by atoms with Gasteiger partial charge < -0.3 is 11.1 Å². The molecule has 0 bridgehead atoms. The molecule has 0 aliphatic carbocycles. The van der Waals surface area contributed by atoms with Crippen LogP contribution in [0.4, 0.5) is 0 Å². The SMILES string of the molecule is CCN(CCCNCCC(C)(C)N)S(C)(=O)=O. The zero-order valence-electron chi connectivity index (χ0n) is 11.5. The molecule has 0 aromatic carbocycles. The van der Waals surface area contributed by atoms with Crippen LogP contribution in [0, 0.1) is 0 Å². The van der Waals surface area contributed by atoms with E-state index in [1.165, 1.54) is 10.6 Å². The Morgan fingerprint density at radius 2 is 1.88 bits per heavy atom. The van der Waals surface area contributed by atoms with E-state index < -0.39 is 10.0 Å². The molecule has 0 fully saturated rings. The quantitative estimate of drug-likeness (QED) is 0.591. The van der Waals surface area contributed by atoms with Crippen molar-refractivity contribution in [2.45, 2.75) is 39.2 Å². The lowest BCUT2D eigenvalue weighted by Gasteiger charge is -2.19. The highest BCUT2D eigenvalue weighted by Gasteiger charge is 2.13. The van der Waals surface area contributed by atoms with Crippen molar-refractivity contribution in [2.24, 2.45) is 5.73 Å². The molecule has 104 valence electrons. The molecule has 0 atom stereocenters. The second-order valence-electron chi connectivity index (χ2n) is 5.10. The molecule has 17 heavy (non-hydrogen) atoms. The van der Waals surface area contributed by atoms with Crippen molar-refractivity contribution in [2.75, 3.05) is 32.4 Å². The average molecular weight is 265 g/mol. The minimum Gasteiger partial charge on any atom is -0.326 e. The first-order valence-electron chi connectivity index (χ1n) is 6.11. The number of hydrogen-bond donors (Lipinski definition) is 2. The van der Waals surface area contributed by atoms with Crippen LogP contribution < -0.4 is 11.1 Å². The Balaban J connectivity index is 3.64. The molecule has 0 radical (unpaired) electrons. The second-order valence-corrected chi connectivity index (χ2v) is 7.08. The lowest BCUT2D eigenvalue weighted by Crippen LogP contribution is -2.36. The monoisotopic (exact) mass is 265 g/mol. The molecule has 3 N–H and O–H groups in total. The lowest BCUT2D eigenvalue weighted by atomic mass is 10.0. The Bertz CT molecular complexity index is 296. The molecule has 0 aliphatic rings. The molecule has 0 unspecified atom stereocenters. The molecule has 0 aliphatic heterocycles. The average Bonchev–Trinajstić information content (AvgIpc) is 2.12. The zero-order valence-corrected chi connectivity index (χ0v) is 12.3. The molecule has 0 aromatic rings. The maximum absolute atomic E-state index is 11.3. The van der Waals surface area contributed by atoms with E-state index in [1.807, 2.05) is 20.8 Å². The van der Waals surface area contributed by atoms with Crippen LogP contribution in [-0.4, -0.2) is 50.7 Å². The number of rotatable bonds is 9. The van der Waals surface area contributed by atoms with Gasteiger partial charge in [0.25, 0.3) is 0 Å². The van der Waals surface area contributed by atoms with E-state index in [1.54, 1.807) is 0 Å². The van der Waals surface area contributed by atoms with Gasteiger partial charge in [0.05, 0.1) is 6.26 Å². The summed E-state index contributed by atoms with van der Waals surface area (Å²) in [6.45, 7) is 8.65. The van der Waals surface area contributed by atoms with E-state index in [2.05, 4.69) is 5.32 Å². The lowest BCUT2D eigenvalue weighted by molar-refractivity contribution is 0.411. The van der Waals surface area contributed by atoms with Gasteiger partial charge in [-0.05, 0) is 39.8 Å². The molecule has 6 heteroatoms. The third kappa shape index (κ3) is 9.52. The smallest absolute Gasteiger partial charge is 0.211 e. The number of hydrogen-bond acceptors (Lipinski definition) is 4. The summed E-state index contributed by atoms with van der Waals surface area (Å²) in [6.07, 6.45) is 2.99. The van der Waals surface area contributed by atoms with Gasteiger partial charge in [-0.25, -0.2) is 12.7 Å². The van der Waals surface area contributed by atoms with Crippen LogP contribution in [0.3, 0.4) is 0 Å². The molecule has 0 amide bonds. The van der Waals surface area contributed by atoms with Crippen molar-refractivity contribution in [1.82, 2.24) is 9.62 Å². The van der Waals surface area contributed by atoms with Gasteiger partial charge in [0.2, 0.25) is 10.0 Å². The molecule has 0 aromatic heterocycles. The van der Waals surface area contributed by atoms with Crippen LogP contribution in [0.5, 0.6) is 0 Å². The van der Waals surface area contributed by atoms with E-state index in [4.69, 9.17) is 5.73 Å². The number of nitrogens with one attached hydrogen (secondary N) is 1. The molecule has 0 saturated carbocycles. The molecule has 5 nitrogen and oxygen atoms in total. The van der Waals surface area contributed by atoms with Crippen LogP contribution in [0.2, 0.25) is 0 Å². The summed E-state index contributed by atoms with van der Waals surface area (Å²) < 4.78 is 24.1. The highest BCUT2D eigenvalue weighted by molar-refractivity contribution is 7.88. The Hall–Kier alpha value is -0.170. The summed E-state index contributed by atoms with van der Waals surface area (Å²) in [5, 5.41) is 3.27. The first kappa shape index (κ1) is 16.8. The minimum atomic E-state index is -3.05. The molecule has 0 saturated heterocycles. The molecule has 0 heterocycles. The van der Waals surface area contributed by atoms with Crippen molar-refractivity contribution >= 4 is 10.0 Å². The highest BCUT2D eigenvalue weighted by atomic mass is 32.2. The van der Waals surface area contributed by atoms with Gasteiger partial charge in [0.15, 0.2) is 0 Å². The van der Waals surface area contributed by atoms with Crippen LogP contribution in [0.15, 0.2) is 0 Å². The van der Waals surface area contributed by atoms with Crippen LogP contribution in [-0.2, 0) is 10.0 Å². The Morgan fingerprint density at radius 3 is 2.29 bits per heavy atom. The summed E-state index contributed by atoms with van der Waals surface area (Å²) in [6, 6.07) is 0. The fraction of sp³-hybridized carbons (Fsp3) is 1.00. The first-order chi connectivity index (χ1) is 7.67. The predicted octanol–water partition coefficient (Wildman–Crippen LogP) is 0.375. The third-order valence-electron chi connectivity index (χ3n) is 2.53. The van der Waals surface area contributed by atoms with Gasteiger partial charge in [-0.15, -0.1) is 0 Å². The number of nitrogens with two attached hydrogens (primary N) is 1. The molecule has 0 rings (SSSR count). The topological polar surface area (TPSA) is 75.4 Å². The van der Waals surface area contributed by atoms with Crippen LogP contribution in [0.25, 0.3) is 0 Å². The summed E-state index contributed by atoms with van der Waals surface area (Å²) >= 11 is 0. The van der Waals surface area contributed by atoms with E-state index in [0.717, 1.165) is 25.9 Å². The molecular weight excluding hydrogens is 238 g/mol. The van der Waals surface area contributed by atoms with E-state index in [-0.39, 0.29) is 5.54 Å². The van der Waals surface area contributed by atoms with Gasteiger partial charge in [0, 0.05) is 18.6 Å². The third-order valence-corrected chi connectivity index (χ3v) is 3.91. The Morgan fingerprint density at radius 1 is 1.29 bits per heavy atom. The van der Waals surface area contributed by atoms with Crippen molar-refractivity contribution in [1.29, 1.82) is 0 Å². The van der Waals surface area contributed by atoms with Crippen molar-refractivity contribution in [3.05, 3.63) is 0 Å². The zero-order chi connectivity index (χ0) is 13.5. The van der Waals surface area contributed by atoms with Gasteiger partial charge >= 0.3 is 0 Å². The maximum atomic E-state index is 11.3. The summed E-state index contributed by atoms with van der Waals surface area (Å²) in [5.41, 5.74) is 5.71. The fourth-order valence-corrected chi connectivity index (χ4v) is 2.40. The molecular formula is C11H27N3O2S. The number of nitrogens with zero attached hydrogens (tertiary/aromatic N) is 1. The summed E-state index contributed by atoms with van der Waals surface area (Å²) in [5.74, 6) is 0. The van der Waals surface area contributed by atoms with Crippen molar-refractivity contribution < 1.29 is 8.42 Å². The second kappa shape index (κ2) is 7.31. The highest BCUT2D eigenvalue weighted by Crippen LogP contribution is 2.01. The summed E-state index contributed by atoms with van der Waals surface area (Å²) in [4.78, 5) is 0. The van der Waals surface area contributed by atoms with Gasteiger partial charge in [-0.2, -0.15) is 0 Å². The fourth-order valence-electron chi connectivity index (χ4n) is 1.47. The minimum absolute atomic E-state index is 0.144. The Kier molecular flexibility index (Phi) is 7.23. The van der Waals surface area contributed by atoms with E-state index >= 15 is 0 Å². The first-order valence-corrected chi connectivity index (χ1v) is 7.96. The van der Waals surface area contributed by atoms with Crippen LogP contribution in [0.1, 0.15) is 33.6 Å². The maximum Gasteiger partial charge on any atom is 0.211 e. The number of sulfonamides is 1. The van der Waals surface area contributed by atoms with Gasteiger partial charge in [0.1, 0.15) is 0 Å².